The summed E-state index contributed by atoms with van der Waals surface area (Å²) in [4.78, 5) is 51.7. The molecule has 0 bridgehead atoms. The minimum Gasteiger partial charge on any atom is -0.488 e. The number of anilines is 1. The van der Waals surface area contributed by atoms with E-state index in [1.165, 1.54) is 18.2 Å². The Morgan fingerprint density at radius 1 is 0.976 bits per heavy atom. The number of nitrogens with zero attached hydrogens (tertiary/aromatic N) is 1. The highest BCUT2D eigenvalue weighted by molar-refractivity contribution is 8.18. The summed E-state index contributed by atoms with van der Waals surface area (Å²) in [6.07, 6.45) is 1.59. The van der Waals surface area contributed by atoms with Crippen molar-refractivity contribution >= 4 is 68.9 Å². The van der Waals surface area contributed by atoms with Crippen LogP contribution in [0.1, 0.15) is 28.4 Å². The van der Waals surface area contributed by atoms with Gasteiger partial charge in [-0.25, -0.2) is 4.79 Å². The number of halogens is 1. The third kappa shape index (κ3) is 6.48. The number of hydrogen-bond donors (Lipinski definition) is 1. The second-order valence-electron chi connectivity index (χ2n) is 9.20. The van der Waals surface area contributed by atoms with E-state index in [0.717, 1.165) is 33.0 Å². The van der Waals surface area contributed by atoms with Gasteiger partial charge in [0, 0.05) is 11.3 Å². The first kappa shape index (κ1) is 28.9. The average molecular weight is 601 g/mol. The highest BCUT2D eigenvalue weighted by atomic mass is 35.5. The Bertz CT molecular complexity index is 1730. The summed E-state index contributed by atoms with van der Waals surface area (Å²) in [5.74, 6) is -1.28. The quantitative estimate of drug-likeness (QED) is 0.164. The molecule has 1 saturated heterocycles. The lowest BCUT2D eigenvalue weighted by Gasteiger charge is -2.13. The topological polar surface area (TPSA) is 102 Å². The Labute approximate surface area is 251 Å². The van der Waals surface area contributed by atoms with Crippen LogP contribution in [0.15, 0.2) is 89.8 Å². The molecule has 1 N–H and O–H groups in total. The summed E-state index contributed by atoms with van der Waals surface area (Å²) >= 11 is 6.83. The molecule has 4 aromatic carbocycles. The summed E-state index contributed by atoms with van der Waals surface area (Å²) in [5.41, 5.74) is 2.00. The van der Waals surface area contributed by atoms with Crippen molar-refractivity contribution in [1.82, 2.24) is 4.90 Å². The van der Waals surface area contributed by atoms with Gasteiger partial charge < -0.3 is 14.8 Å². The molecule has 0 saturated carbocycles. The predicted molar refractivity (Wildman–Crippen MR) is 163 cm³/mol. The fourth-order valence-electron chi connectivity index (χ4n) is 4.40. The number of rotatable bonds is 9. The summed E-state index contributed by atoms with van der Waals surface area (Å²) in [5, 5.41) is 4.39. The van der Waals surface area contributed by atoms with Crippen LogP contribution in [0.5, 0.6) is 5.75 Å². The fourth-order valence-corrected chi connectivity index (χ4v) is 5.42. The highest BCUT2D eigenvalue weighted by Crippen LogP contribution is 2.34. The Balaban J connectivity index is 1.27. The molecule has 0 radical (unpaired) electrons. The van der Waals surface area contributed by atoms with E-state index in [9.17, 15) is 19.2 Å². The second-order valence-corrected chi connectivity index (χ2v) is 10.6. The number of thioether (sulfide) groups is 1. The first-order valence-corrected chi connectivity index (χ1v) is 14.2. The normalized spacial score (nSPS) is 14.0. The molecule has 4 aromatic rings. The zero-order valence-electron chi connectivity index (χ0n) is 22.5. The molecule has 10 heteroatoms. The van der Waals surface area contributed by atoms with Crippen LogP contribution in [0.25, 0.3) is 16.8 Å². The third-order valence-corrected chi connectivity index (χ3v) is 7.63. The number of carbonyl (C=O) groups is 4. The number of imide groups is 1. The maximum absolute atomic E-state index is 13.1. The fraction of sp³-hybridized carbons (Fsp3) is 0.125. The molecular formula is C32H25ClN2O6S. The predicted octanol–water partition coefficient (Wildman–Crippen LogP) is 6.92. The molecule has 1 aliphatic rings. The van der Waals surface area contributed by atoms with Gasteiger partial charge in [-0.1, -0.05) is 72.3 Å². The van der Waals surface area contributed by atoms with Gasteiger partial charge in [0.15, 0.2) is 0 Å². The van der Waals surface area contributed by atoms with Crippen LogP contribution in [0.3, 0.4) is 0 Å². The van der Waals surface area contributed by atoms with Crippen molar-refractivity contribution in [2.75, 3.05) is 18.5 Å². The van der Waals surface area contributed by atoms with Gasteiger partial charge in [0.25, 0.3) is 11.1 Å². The third-order valence-electron chi connectivity index (χ3n) is 6.39. The molecule has 1 heterocycles. The van der Waals surface area contributed by atoms with Crippen molar-refractivity contribution in [3.8, 4) is 5.75 Å². The Morgan fingerprint density at radius 3 is 2.57 bits per heavy atom. The van der Waals surface area contributed by atoms with E-state index in [2.05, 4.69) is 5.32 Å². The number of fused-ring (bicyclic) bond motifs is 1. The van der Waals surface area contributed by atoms with Gasteiger partial charge in [0.2, 0.25) is 5.91 Å². The van der Waals surface area contributed by atoms with E-state index < -0.39 is 29.6 Å². The molecular weight excluding hydrogens is 576 g/mol. The molecule has 0 aliphatic carbocycles. The first-order chi connectivity index (χ1) is 20.3. The molecule has 3 amide bonds. The second kappa shape index (κ2) is 12.9. The number of amides is 3. The largest absolute Gasteiger partial charge is 0.488 e. The van der Waals surface area contributed by atoms with Crippen molar-refractivity contribution in [3.63, 3.8) is 0 Å². The first-order valence-electron chi connectivity index (χ1n) is 13.0. The summed E-state index contributed by atoms with van der Waals surface area (Å²) < 4.78 is 11.1. The Morgan fingerprint density at radius 2 is 1.74 bits per heavy atom. The minimum atomic E-state index is -0.629. The number of carbonyl (C=O) groups excluding carboxylic acids is 4. The van der Waals surface area contributed by atoms with E-state index in [4.69, 9.17) is 21.1 Å². The molecule has 0 unspecified atom stereocenters. The van der Waals surface area contributed by atoms with Crippen molar-refractivity contribution < 1.29 is 28.7 Å². The SMILES string of the molecule is CCOC(=O)c1cc(NC(=O)CN2C(=O)S/C(=C\c3ccccc3OCc3cccc4ccccc34)C2=O)ccc1Cl. The van der Waals surface area contributed by atoms with Crippen molar-refractivity contribution in [2.24, 2.45) is 0 Å². The van der Waals surface area contributed by atoms with Crippen LogP contribution in [-0.2, 0) is 20.9 Å². The van der Waals surface area contributed by atoms with E-state index in [1.807, 2.05) is 54.6 Å². The van der Waals surface area contributed by atoms with Crippen molar-refractivity contribution in [2.45, 2.75) is 13.5 Å². The van der Waals surface area contributed by atoms with Gasteiger partial charge >= 0.3 is 5.97 Å². The maximum atomic E-state index is 13.1. The molecule has 0 spiro atoms. The van der Waals surface area contributed by atoms with Crippen LogP contribution >= 0.6 is 23.4 Å². The molecule has 1 fully saturated rings. The molecule has 42 heavy (non-hydrogen) atoms. The number of benzene rings is 4. The van der Waals surface area contributed by atoms with Crippen LogP contribution in [0.2, 0.25) is 5.02 Å². The highest BCUT2D eigenvalue weighted by Gasteiger charge is 2.36. The minimum absolute atomic E-state index is 0.0896. The van der Waals surface area contributed by atoms with Gasteiger partial charge in [0.05, 0.1) is 22.1 Å². The Kier molecular flexibility index (Phi) is 8.90. The molecule has 8 nitrogen and oxygen atoms in total. The number of ether oxygens (including phenoxy) is 2. The van der Waals surface area contributed by atoms with E-state index >= 15 is 0 Å². The van der Waals surface area contributed by atoms with E-state index in [-0.39, 0.29) is 27.8 Å². The molecule has 0 atom stereocenters. The molecule has 212 valence electrons. The van der Waals surface area contributed by atoms with Gasteiger partial charge in [-0.15, -0.1) is 0 Å². The lowest BCUT2D eigenvalue weighted by molar-refractivity contribution is -0.127. The van der Waals surface area contributed by atoms with Crippen LogP contribution in [-0.4, -0.2) is 41.1 Å². The number of para-hydroxylation sites is 1. The van der Waals surface area contributed by atoms with Crippen LogP contribution in [0.4, 0.5) is 10.5 Å². The Hall–Kier alpha value is -4.60. The van der Waals surface area contributed by atoms with Gasteiger partial charge in [-0.3, -0.25) is 19.3 Å². The number of esters is 1. The molecule has 1 aliphatic heterocycles. The standard InChI is InChI=1S/C32H25ClN2O6S/c1-2-40-31(38)25-17-23(14-15-26(25)33)34-29(36)18-35-30(37)28(42-32(35)39)16-21-9-4-6-13-27(21)41-19-22-11-7-10-20-8-3-5-12-24(20)22/h3-17H,2,18-19H2,1H3,(H,34,36)/b28-16-. The summed E-state index contributed by atoms with van der Waals surface area (Å²) in [6.45, 7) is 1.65. The summed E-state index contributed by atoms with van der Waals surface area (Å²) in [7, 11) is 0. The molecule has 0 aromatic heterocycles. The number of hydrogen-bond acceptors (Lipinski definition) is 7. The van der Waals surface area contributed by atoms with Gasteiger partial charge in [0.1, 0.15) is 18.9 Å². The number of nitrogens with one attached hydrogen (secondary N) is 1. The van der Waals surface area contributed by atoms with E-state index in [1.54, 1.807) is 25.1 Å². The van der Waals surface area contributed by atoms with E-state index in [0.29, 0.717) is 17.9 Å². The van der Waals surface area contributed by atoms with Crippen LogP contribution in [0, 0.1) is 0 Å². The lowest BCUT2D eigenvalue weighted by Crippen LogP contribution is -2.36. The van der Waals surface area contributed by atoms with Crippen molar-refractivity contribution in [3.05, 3.63) is 112 Å². The lowest BCUT2D eigenvalue weighted by atomic mass is 10.1. The zero-order valence-corrected chi connectivity index (χ0v) is 24.0. The van der Waals surface area contributed by atoms with Crippen molar-refractivity contribution in [1.29, 1.82) is 0 Å². The van der Waals surface area contributed by atoms with Gasteiger partial charge in [-0.05, 0) is 65.4 Å². The molecule has 5 rings (SSSR count). The maximum Gasteiger partial charge on any atom is 0.339 e. The zero-order chi connectivity index (χ0) is 29.6. The summed E-state index contributed by atoms with van der Waals surface area (Å²) in [6, 6.07) is 25.6. The van der Waals surface area contributed by atoms with Gasteiger partial charge in [-0.2, -0.15) is 0 Å². The smallest absolute Gasteiger partial charge is 0.339 e. The average Bonchev–Trinajstić information content (AvgIpc) is 3.24. The monoisotopic (exact) mass is 600 g/mol. The van der Waals surface area contributed by atoms with Crippen LogP contribution < -0.4 is 10.1 Å².